The molecule has 0 amide bonds. The lowest BCUT2D eigenvalue weighted by atomic mass is 9.85. The first-order valence-electron chi connectivity index (χ1n) is 21.8. The highest BCUT2D eigenvalue weighted by molar-refractivity contribution is 6.35. The third-order valence-corrected chi connectivity index (χ3v) is 14.0. The second kappa shape index (κ2) is 12.5. The number of para-hydroxylation sites is 2. The van der Waals surface area contributed by atoms with E-state index in [4.69, 9.17) is 9.97 Å². The van der Waals surface area contributed by atoms with Crippen LogP contribution in [0.15, 0.2) is 194 Å². The molecule has 1 aliphatic rings. The van der Waals surface area contributed by atoms with Crippen LogP contribution in [-0.2, 0) is 5.41 Å². The smallest absolute Gasteiger partial charge is 0.235 e. The molecule has 3 heterocycles. The van der Waals surface area contributed by atoms with E-state index in [9.17, 15) is 0 Å². The van der Waals surface area contributed by atoms with Crippen molar-refractivity contribution in [3.8, 4) is 34.0 Å². The van der Waals surface area contributed by atoms with Crippen molar-refractivity contribution < 1.29 is 0 Å². The van der Waals surface area contributed by atoms with Crippen LogP contribution in [0.3, 0.4) is 0 Å². The van der Waals surface area contributed by atoms with Crippen molar-refractivity contribution in [2.45, 2.75) is 19.3 Å². The van der Waals surface area contributed by atoms with Crippen LogP contribution in [0.2, 0.25) is 0 Å². The van der Waals surface area contributed by atoms with Gasteiger partial charge in [0.25, 0.3) is 0 Å². The minimum Gasteiger partial charge on any atom is -0.309 e. The molecule has 10 aromatic carbocycles. The molecule has 294 valence electrons. The van der Waals surface area contributed by atoms with Crippen molar-refractivity contribution in [2.75, 3.05) is 0 Å². The molecule has 3 aromatic heterocycles. The Bertz CT molecular complexity index is 4080. The molecule has 0 radical (unpaired) electrons. The van der Waals surface area contributed by atoms with Gasteiger partial charge in [-0.3, -0.25) is 4.57 Å². The summed E-state index contributed by atoms with van der Waals surface area (Å²) in [5.41, 5.74) is 11.9. The lowest BCUT2D eigenvalue weighted by Crippen LogP contribution is -2.18. The highest BCUT2D eigenvalue weighted by Crippen LogP contribution is 2.52. The van der Waals surface area contributed by atoms with Crippen molar-refractivity contribution >= 4 is 86.7 Å². The third-order valence-electron chi connectivity index (χ3n) is 14.0. The lowest BCUT2D eigenvalue weighted by Gasteiger charge is -2.21. The maximum atomic E-state index is 5.80. The predicted molar refractivity (Wildman–Crippen MR) is 264 cm³/mol. The van der Waals surface area contributed by atoms with Crippen LogP contribution in [0.25, 0.3) is 121 Å². The largest absolute Gasteiger partial charge is 0.309 e. The summed E-state index contributed by atoms with van der Waals surface area (Å²) in [6, 6.07) is 71.0. The molecule has 63 heavy (non-hydrogen) atoms. The van der Waals surface area contributed by atoms with Gasteiger partial charge in [0.05, 0.1) is 33.5 Å². The van der Waals surface area contributed by atoms with Crippen molar-refractivity contribution in [3.05, 3.63) is 205 Å². The molecule has 0 saturated carbocycles. The summed E-state index contributed by atoms with van der Waals surface area (Å²) >= 11 is 0. The molecule has 0 atom stereocenters. The average molecular weight is 803 g/mol. The van der Waals surface area contributed by atoms with E-state index in [2.05, 4.69) is 217 Å². The number of aromatic nitrogens is 4. The van der Waals surface area contributed by atoms with Crippen molar-refractivity contribution in [1.82, 2.24) is 19.1 Å². The molecule has 0 spiro atoms. The average Bonchev–Trinajstić information content (AvgIpc) is 3.93. The Balaban J connectivity index is 1.14. The van der Waals surface area contributed by atoms with Gasteiger partial charge in [-0.2, -0.15) is 0 Å². The van der Waals surface area contributed by atoms with E-state index < -0.39 is 0 Å². The molecular formula is C59H38N4. The summed E-state index contributed by atoms with van der Waals surface area (Å²) in [5, 5.41) is 14.8. The van der Waals surface area contributed by atoms with Gasteiger partial charge in [-0.05, 0) is 91.3 Å². The Morgan fingerprint density at radius 1 is 0.397 bits per heavy atom. The molecule has 4 nitrogen and oxygen atoms in total. The van der Waals surface area contributed by atoms with E-state index >= 15 is 0 Å². The Labute approximate surface area is 362 Å². The third kappa shape index (κ3) is 4.64. The molecule has 0 bridgehead atoms. The first kappa shape index (κ1) is 34.6. The molecule has 0 aliphatic heterocycles. The van der Waals surface area contributed by atoms with Crippen molar-refractivity contribution in [1.29, 1.82) is 0 Å². The fourth-order valence-electron chi connectivity index (χ4n) is 11.2. The molecule has 13 aromatic rings. The topological polar surface area (TPSA) is 35.6 Å². The number of fused-ring (bicyclic) bond motifs is 17. The summed E-state index contributed by atoms with van der Waals surface area (Å²) in [4.78, 5) is 11.5. The van der Waals surface area contributed by atoms with E-state index in [-0.39, 0.29) is 5.41 Å². The first-order chi connectivity index (χ1) is 31.0. The van der Waals surface area contributed by atoms with Crippen LogP contribution in [0, 0.1) is 0 Å². The van der Waals surface area contributed by atoms with Gasteiger partial charge in [0.1, 0.15) is 0 Å². The highest BCUT2D eigenvalue weighted by Gasteiger charge is 2.40. The minimum atomic E-state index is -0.366. The normalized spacial score (nSPS) is 13.4. The quantitative estimate of drug-likeness (QED) is 0.167. The summed E-state index contributed by atoms with van der Waals surface area (Å²) < 4.78 is 4.74. The monoisotopic (exact) mass is 802 g/mol. The van der Waals surface area contributed by atoms with Crippen molar-refractivity contribution in [2.24, 2.45) is 0 Å². The van der Waals surface area contributed by atoms with Gasteiger partial charge < -0.3 is 4.57 Å². The second-order valence-electron chi connectivity index (χ2n) is 17.7. The zero-order valence-electron chi connectivity index (χ0n) is 34.8. The minimum absolute atomic E-state index is 0.366. The zero-order valence-corrected chi connectivity index (χ0v) is 34.8. The number of hydrogen-bond acceptors (Lipinski definition) is 2. The van der Waals surface area contributed by atoms with Crippen LogP contribution < -0.4 is 0 Å². The van der Waals surface area contributed by atoms with Crippen LogP contribution >= 0.6 is 0 Å². The van der Waals surface area contributed by atoms with Gasteiger partial charge in [0.2, 0.25) is 5.95 Å². The molecule has 14 rings (SSSR count). The van der Waals surface area contributed by atoms with Crippen molar-refractivity contribution in [3.63, 3.8) is 0 Å². The van der Waals surface area contributed by atoms with Crippen LogP contribution in [0.5, 0.6) is 0 Å². The fourth-order valence-corrected chi connectivity index (χ4v) is 11.2. The second-order valence-corrected chi connectivity index (χ2v) is 17.7. The molecular weight excluding hydrogens is 765 g/mol. The zero-order chi connectivity index (χ0) is 41.6. The summed E-state index contributed by atoms with van der Waals surface area (Å²) in [5.74, 6) is 0.674. The molecule has 0 unspecified atom stereocenters. The van der Waals surface area contributed by atoms with E-state index in [1.54, 1.807) is 0 Å². The Morgan fingerprint density at radius 3 is 1.78 bits per heavy atom. The molecule has 1 aliphatic carbocycles. The summed E-state index contributed by atoms with van der Waals surface area (Å²) in [6.45, 7) is 4.64. The SMILES string of the molecule is CC1(C)c2ccccc2-c2c(-c3ccc4c5ccccc5n(-c5ccccc5)c4c3)nc(-n3c4cc5ccccc5cc4c4c5c6ccccc6c6ccccc6c5ccc43)nc21. The number of benzene rings is 10. The van der Waals surface area contributed by atoms with Crippen LogP contribution in [0.4, 0.5) is 0 Å². The maximum absolute atomic E-state index is 5.80. The lowest BCUT2D eigenvalue weighted by molar-refractivity contribution is 0.632. The molecule has 0 fully saturated rings. The maximum Gasteiger partial charge on any atom is 0.235 e. The van der Waals surface area contributed by atoms with Crippen LogP contribution in [0.1, 0.15) is 25.1 Å². The number of hydrogen-bond donors (Lipinski definition) is 0. The van der Waals surface area contributed by atoms with Crippen LogP contribution in [-0.4, -0.2) is 19.1 Å². The fraction of sp³-hybridized carbons (Fsp3) is 0.0508. The van der Waals surface area contributed by atoms with Gasteiger partial charge in [-0.25, -0.2) is 9.97 Å². The summed E-state index contributed by atoms with van der Waals surface area (Å²) in [6.07, 6.45) is 0. The summed E-state index contributed by atoms with van der Waals surface area (Å²) in [7, 11) is 0. The van der Waals surface area contributed by atoms with E-state index in [1.165, 1.54) is 81.3 Å². The number of rotatable bonds is 3. The predicted octanol–water partition coefficient (Wildman–Crippen LogP) is 15.3. The van der Waals surface area contributed by atoms with Gasteiger partial charge in [0.15, 0.2) is 0 Å². The molecule has 0 N–H and O–H groups in total. The van der Waals surface area contributed by atoms with Gasteiger partial charge in [-0.1, -0.05) is 166 Å². The van der Waals surface area contributed by atoms with E-state index in [1.807, 2.05) is 0 Å². The van der Waals surface area contributed by atoms with E-state index in [0.29, 0.717) is 5.95 Å². The highest BCUT2D eigenvalue weighted by atomic mass is 15.2. The van der Waals surface area contributed by atoms with Gasteiger partial charge in [-0.15, -0.1) is 0 Å². The first-order valence-corrected chi connectivity index (χ1v) is 21.8. The Morgan fingerprint density at radius 2 is 0.984 bits per heavy atom. The Hall–Kier alpha value is -8.08. The number of nitrogens with zero attached hydrogens (tertiary/aromatic N) is 4. The van der Waals surface area contributed by atoms with E-state index in [0.717, 1.165) is 44.8 Å². The molecule has 4 heteroatoms. The van der Waals surface area contributed by atoms with Gasteiger partial charge in [0, 0.05) is 49.2 Å². The standard InChI is InChI=1S/C59H38N4/c1-59(2)48-26-14-12-25-46(48)55-56(37-28-29-43-42-23-13-15-27-49(42)62(51(43)34-37)38-18-4-3-5-19-38)60-58(61-57(55)59)63-50-31-30-45-41-22-9-8-20-39(41)40-21-10-11-24-44(40)53(45)54(50)47-32-35-16-6-7-17-36(35)33-52(47)63/h3-34H,1-2H3. The van der Waals surface area contributed by atoms with Gasteiger partial charge >= 0.3 is 0 Å². The molecule has 0 saturated heterocycles. The Kier molecular flexibility index (Phi) is 6.87.